The summed E-state index contributed by atoms with van der Waals surface area (Å²) in [6, 6.07) is 12.9. The lowest BCUT2D eigenvalue weighted by Gasteiger charge is -2.10. The molecular formula is C24H25N3O2. The first-order chi connectivity index (χ1) is 14.2. The largest absolute Gasteiger partial charge is 0.494 e. The number of nitrogens with zero attached hydrogens (tertiary/aromatic N) is 2. The summed E-state index contributed by atoms with van der Waals surface area (Å²) in [6.07, 6.45) is 5.49. The summed E-state index contributed by atoms with van der Waals surface area (Å²) < 4.78 is 5.80. The fraction of sp³-hybridized carbons (Fsp3) is 0.292. The van der Waals surface area contributed by atoms with Crippen molar-refractivity contribution in [3.8, 4) is 17.6 Å². The Morgan fingerprint density at radius 2 is 2.00 bits per heavy atom. The molecule has 0 aliphatic rings. The second kappa shape index (κ2) is 10.2. The monoisotopic (exact) mass is 387 g/mol. The predicted molar refractivity (Wildman–Crippen MR) is 116 cm³/mol. The number of benzene rings is 1. The third kappa shape index (κ3) is 5.79. The van der Waals surface area contributed by atoms with E-state index in [0.717, 1.165) is 42.5 Å². The van der Waals surface area contributed by atoms with Crippen LogP contribution in [-0.2, 0) is 0 Å². The molecule has 5 heteroatoms. The summed E-state index contributed by atoms with van der Waals surface area (Å²) in [5.41, 5.74) is 3.33. The number of aryl methyl sites for hydroxylation is 1. The molecule has 148 valence electrons. The highest BCUT2D eigenvalue weighted by atomic mass is 16.5. The molecule has 2 aromatic heterocycles. The van der Waals surface area contributed by atoms with Crippen molar-refractivity contribution >= 4 is 22.6 Å². The van der Waals surface area contributed by atoms with E-state index >= 15 is 0 Å². The average molecular weight is 387 g/mol. The smallest absolute Gasteiger partial charge is 0.274 e. The molecule has 0 fully saturated rings. The van der Waals surface area contributed by atoms with Crippen LogP contribution in [0.25, 0.3) is 11.0 Å². The van der Waals surface area contributed by atoms with Gasteiger partial charge in [-0.05, 0) is 55.7 Å². The van der Waals surface area contributed by atoms with Crippen LogP contribution < -0.4 is 10.1 Å². The van der Waals surface area contributed by atoms with Gasteiger partial charge in [0.15, 0.2) is 0 Å². The molecule has 0 radical (unpaired) electrons. The molecule has 3 aromatic rings. The molecule has 0 unspecified atom stereocenters. The highest BCUT2D eigenvalue weighted by Gasteiger charge is 2.13. The van der Waals surface area contributed by atoms with E-state index in [2.05, 4.69) is 34.0 Å². The maximum atomic E-state index is 12.7. The Balaban J connectivity index is 1.60. The summed E-state index contributed by atoms with van der Waals surface area (Å²) >= 11 is 0. The van der Waals surface area contributed by atoms with Gasteiger partial charge in [0.25, 0.3) is 5.91 Å². The van der Waals surface area contributed by atoms with Gasteiger partial charge in [0.05, 0.1) is 17.6 Å². The minimum Gasteiger partial charge on any atom is -0.494 e. The van der Waals surface area contributed by atoms with Crippen LogP contribution in [0, 0.1) is 18.8 Å². The van der Waals surface area contributed by atoms with Crippen molar-refractivity contribution in [2.24, 2.45) is 0 Å². The summed E-state index contributed by atoms with van der Waals surface area (Å²) in [5, 5.41) is 2.91. The van der Waals surface area contributed by atoms with Crippen LogP contribution in [0.4, 0.5) is 5.69 Å². The van der Waals surface area contributed by atoms with Crippen LogP contribution in [0.1, 0.15) is 48.7 Å². The highest BCUT2D eigenvalue weighted by Crippen LogP contribution is 2.20. The topological polar surface area (TPSA) is 64.1 Å². The lowest BCUT2D eigenvalue weighted by molar-refractivity contribution is 0.102. The van der Waals surface area contributed by atoms with E-state index in [0.29, 0.717) is 23.5 Å². The van der Waals surface area contributed by atoms with E-state index in [9.17, 15) is 4.79 Å². The van der Waals surface area contributed by atoms with Gasteiger partial charge in [0, 0.05) is 30.8 Å². The average Bonchev–Trinajstić information content (AvgIpc) is 2.73. The van der Waals surface area contributed by atoms with E-state index in [1.54, 1.807) is 6.20 Å². The molecule has 0 spiro atoms. The van der Waals surface area contributed by atoms with Gasteiger partial charge in [-0.25, -0.2) is 4.98 Å². The number of ether oxygens (including phenoxy) is 1. The lowest BCUT2D eigenvalue weighted by atomic mass is 10.1. The van der Waals surface area contributed by atoms with Gasteiger partial charge in [0.2, 0.25) is 0 Å². The predicted octanol–water partition coefficient (Wildman–Crippen LogP) is 5.15. The van der Waals surface area contributed by atoms with Gasteiger partial charge in [0.1, 0.15) is 11.4 Å². The number of nitrogens with one attached hydrogen (secondary N) is 1. The van der Waals surface area contributed by atoms with Crippen LogP contribution in [0.3, 0.4) is 0 Å². The molecule has 1 aromatic carbocycles. The zero-order valence-corrected chi connectivity index (χ0v) is 16.9. The molecule has 5 nitrogen and oxygen atoms in total. The molecule has 0 bridgehead atoms. The summed E-state index contributed by atoms with van der Waals surface area (Å²) in [7, 11) is 0. The Hall–Kier alpha value is -3.39. The van der Waals surface area contributed by atoms with Crippen molar-refractivity contribution in [2.75, 3.05) is 11.9 Å². The number of anilines is 1. The molecule has 0 aliphatic heterocycles. The van der Waals surface area contributed by atoms with Gasteiger partial charge in [-0.1, -0.05) is 13.0 Å². The molecule has 0 atom stereocenters. The van der Waals surface area contributed by atoms with Crippen molar-refractivity contribution in [3.63, 3.8) is 0 Å². The number of hydrogen-bond donors (Lipinski definition) is 1. The number of unbranched alkanes of at least 4 members (excludes halogenated alkanes) is 2. The van der Waals surface area contributed by atoms with Gasteiger partial charge in [-0.3, -0.25) is 9.78 Å². The van der Waals surface area contributed by atoms with Gasteiger partial charge < -0.3 is 10.1 Å². The molecule has 0 saturated carbocycles. The van der Waals surface area contributed by atoms with Crippen molar-refractivity contribution in [1.29, 1.82) is 0 Å². The van der Waals surface area contributed by atoms with Crippen LogP contribution in [0.2, 0.25) is 0 Å². The second-order valence-electron chi connectivity index (χ2n) is 6.69. The van der Waals surface area contributed by atoms with E-state index in [4.69, 9.17) is 4.74 Å². The zero-order valence-electron chi connectivity index (χ0n) is 16.9. The fourth-order valence-corrected chi connectivity index (χ4v) is 2.90. The number of fused-ring (bicyclic) bond motifs is 1. The third-order valence-electron chi connectivity index (χ3n) is 4.35. The first kappa shape index (κ1) is 20.3. The van der Waals surface area contributed by atoms with E-state index in [1.807, 2.05) is 49.4 Å². The van der Waals surface area contributed by atoms with Crippen molar-refractivity contribution in [1.82, 2.24) is 9.97 Å². The number of carbonyl (C=O) groups is 1. The van der Waals surface area contributed by atoms with Gasteiger partial charge in [-0.15, -0.1) is 11.8 Å². The van der Waals surface area contributed by atoms with Crippen molar-refractivity contribution in [2.45, 2.75) is 39.5 Å². The highest BCUT2D eigenvalue weighted by molar-refractivity contribution is 6.05. The van der Waals surface area contributed by atoms with E-state index in [-0.39, 0.29) is 5.91 Å². The molecule has 0 aliphatic carbocycles. The van der Waals surface area contributed by atoms with Gasteiger partial charge in [-0.2, -0.15) is 0 Å². The Morgan fingerprint density at radius 3 is 2.86 bits per heavy atom. The van der Waals surface area contributed by atoms with E-state index in [1.165, 1.54) is 0 Å². The first-order valence-electron chi connectivity index (χ1n) is 9.89. The second-order valence-corrected chi connectivity index (χ2v) is 6.69. The molecule has 2 heterocycles. The SMILES string of the molecule is CCC#CCCCCOc1cccc(NC(=O)c2nc3cccnc3cc2C)c1. The Morgan fingerprint density at radius 1 is 1.10 bits per heavy atom. The van der Waals surface area contributed by atoms with Crippen LogP contribution in [-0.4, -0.2) is 22.5 Å². The number of pyridine rings is 2. The number of hydrogen-bond acceptors (Lipinski definition) is 4. The standard InChI is InChI=1S/C24H25N3O2/c1-3-4-5-6-7-8-15-29-20-12-9-11-19(17-20)26-24(28)23-18(2)16-22-21(27-23)13-10-14-25-22/h9-14,16-17H,3,6-8,15H2,1-2H3,(H,26,28). The summed E-state index contributed by atoms with van der Waals surface area (Å²) in [4.78, 5) is 21.5. The molecule has 29 heavy (non-hydrogen) atoms. The summed E-state index contributed by atoms with van der Waals surface area (Å²) in [5.74, 6) is 6.68. The Bertz CT molecular complexity index is 1050. The number of carbonyl (C=O) groups excluding carboxylic acids is 1. The number of amides is 1. The molecule has 3 rings (SSSR count). The molecule has 0 saturated heterocycles. The molecule has 1 amide bonds. The maximum absolute atomic E-state index is 12.7. The van der Waals surface area contributed by atoms with Gasteiger partial charge >= 0.3 is 0 Å². The first-order valence-corrected chi connectivity index (χ1v) is 9.89. The lowest BCUT2D eigenvalue weighted by Crippen LogP contribution is -2.15. The number of aromatic nitrogens is 2. The quantitative estimate of drug-likeness (QED) is 0.450. The van der Waals surface area contributed by atoms with Crippen molar-refractivity contribution in [3.05, 3.63) is 59.9 Å². The van der Waals surface area contributed by atoms with Crippen LogP contribution >= 0.6 is 0 Å². The fourth-order valence-electron chi connectivity index (χ4n) is 2.90. The minimum atomic E-state index is -0.250. The number of rotatable bonds is 7. The maximum Gasteiger partial charge on any atom is 0.274 e. The molecular weight excluding hydrogens is 362 g/mol. The van der Waals surface area contributed by atoms with E-state index < -0.39 is 0 Å². The van der Waals surface area contributed by atoms with Crippen LogP contribution in [0.15, 0.2) is 48.7 Å². The normalized spacial score (nSPS) is 10.3. The zero-order chi connectivity index (χ0) is 20.5. The minimum absolute atomic E-state index is 0.250. The molecule has 1 N–H and O–H groups in total. The van der Waals surface area contributed by atoms with Crippen molar-refractivity contribution < 1.29 is 9.53 Å². The summed E-state index contributed by atoms with van der Waals surface area (Å²) in [6.45, 7) is 4.54. The Labute approximate surface area is 171 Å². The van der Waals surface area contributed by atoms with Crippen LogP contribution in [0.5, 0.6) is 5.75 Å². The third-order valence-corrected chi connectivity index (χ3v) is 4.35. The Kier molecular flexibility index (Phi) is 7.18.